The molecular formula is C16H20O3Si. The molecular weight excluding hydrogens is 268 g/mol. The fourth-order valence-electron chi connectivity index (χ4n) is 2.29. The Hall–Kier alpha value is -1.62. The van der Waals surface area contributed by atoms with E-state index < -0.39 is 8.56 Å². The number of aromatic hydroxyl groups is 1. The van der Waals surface area contributed by atoms with Crippen LogP contribution in [-0.2, 0) is 8.85 Å². The van der Waals surface area contributed by atoms with Crippen molar-refractivity contribution in [2.24, 2.45) is 0 Å². The number of phenols is 1. The minimum Gasteiger partial charge on any atom is -0.508 e. The summed E-state index contributed by atoms with van der Waals surface area (Å²) >= 11 is 0. The average Bonchev–Trinajstić information content (AvgIpc) is 2.48. The van der Waals surface area contributed by atoms with Gasteiger partial charge >= 0.3 is 8.56 Å². The molecule has 1 N–H and O–H groups in total. The van der Waals surface area contributed by atoms with Gasteiger partial charge in [0.05, 0.1) is 0 Å². The van der Waals surface area contributed by atoms with E-state index in [1.54, 1.807) is 12.1 Å². The highest BCUT2D eigenvalue weighted by atomic mass is 28.4. The standard InChI is InChI=1S/C16H20O3Si/c1-3-18-20(19-4-2,15-8-6-5-7-9-15)16-12-10-14(17)11-13-16/h5-13,17H,3-4H2,1-2H3. The van der Waals surface area contributed by atoms with Gasteiger partial charge in [0.15, 0.2) is 0 Å². The SMILES string of the molecule is CCO[Si](OCC)(c1ccccc1)c1ccc(O)cc1. The van der Waals surface area contributed by atoms with Gasteiger partial charge in [0.2, 0.25) is 0 Å². The van der Waals surface area contributed by atoms with E-state index in [1.807, 2.05) is 56.3 Å². The Morgan fingerprint density at radius 2 is 1.30 bits per heavy atom. The Bertz CT molecular complexity index is 519. The molecule has 0 heterocycles. The van der Waals surface area contributed by atoms with Crippen LogP contribution >= 0.6 is 0 Å². The average molecular weight is 288 g/mol. The van der Waals surface area contributed by atoms with Crippen molar-refractivity contribution < 1.29 is 14.0 Å². The summed E-state index contributed by atoms with van der Waals surface area (Å²) in [5, 5.41) is 11.6. The van der Waals surface area contributed by atoms with Crippen LogP contribution in [0.3, 0.4) is 0 Å². The molecule has 0 aromatic heterocycles. The molecule has 0 aliphatic heterocycles. The van der Waals surface area contributed by atoms with Crippen molar-refractivity contribution in [1.29, 1.82) is 0 Å². The third-order valence-electron chi connectivity index (χ3n) is 3.10. The van der Waals surface area contributed by atoms with Gasteiger partial charge in [-0.3, -0.25) is 0 Å². The number of rotatable bonds is 6. The summed E-state index contributed by atoms with van der Waals surface area (Å²) in [6, 6.07) is 17.2. The molecule has 2 aromatic carbocycles. The lowest BCUT2D eigenvalue weighted by molar-refractivity contribution is 0.208. The molecule has 4 heteroatoms. The second-order valence-electron chi connectivity index (χ2n) is 4.40. The number of hydrogen-bond acceptors (Lipinski definition) is 3. The summed E-state index contributed by atoms with van der Waals surface area (Å²) in [4.78, 5) is 0. The van der Waals surface area contributed by atoms with Crippen LogP contribution < -0.4 is 10.4 Å². The maximum atomic E-state index is 9.49. The summed E-state index contributed by atoms with van der Waals surface area (Å²) < 4.78 is 12.2. The second kappa shape index (κ2) is 6.70. The maximum absolute atomic E-state index is 9.49. The van der Waals surface area contributed by atoms with Gasteiger partial charge in [-0.1, -0.05) is 42.5 Å². The van der Waals surface area contributed by atoms with E-state index >= 15 is 0 Å². The summed E-state index contributed by atoms with van der Waals surface area (Å²) in [7, 11) is -2.68. The molecule has 0 amide bonds. The fourth-order valence-corrected chi connectivity index (χ4v) is 5.42. The first-order valence-electron chi connectivity index (χ1n) is 6.86. The first kappa shape index (κ1) is 14.8. The molecule has 3 nitrogen and oxygen atoms in total. The highest BCUT2D eigenvalue weighted by Gasteiger charge is 2.42. The van der Waals surface area contributed by atoms with Gasteiger partial charge in [-0.15, -0.1) is 0 Å². The van der Waals surface area contributed by atoms with Crippen LogP contribution in [0.5, 0.6) is 5.75 Å². The third kappa shape index (κ3) is 2.93. The van der Waals surface area contributed by atoms with Gasteiger partial charge in [-0.05, 0) is 36.4 Å². The first-order valence-corrected chi connectivity index (χ1v) is 8.67. The third-order valence-corrected chi connectivity index (χ3v) is 6.67. The van der Waals surface area contributed by atoms with Crippen molar-refractivity contribution in [1.82, 2.24) is 0 Å². The molecule has 0 saturated heterocycles. The summed E-state index contributed by atoms with van der Waals surface area (Å²) in [6.07, 6.45) is 0. The molecule has 0 spiro atoms. The van der Waals surface area contributed by atoms with E-state index in [0.717, 1.165) is 10.4 Å². The molecule has 106 valence electrons. The van der Waals surface area contributed by atoms with E-state index in [-0.39, 0.29) is 5.75 Å². The lowest BCUT2D eigenvalue weighted by Gasteiger charge is -2.30. The van der Waals surface area contributed by atoms with Crippen molar-refractivity contribution in [3.63, 3.8) is 0 Å². The van der Waals surface area contributed by atoms with Gasteiger partial charge in [0, 0.05) is 13.2 Å². The van der Waals surface area contributed by atoms with Gasteiger partial charge in [-0.2, -0.15) is 0 Å². The van der Waals surface area contributed by atoms with Crippen LogP contribution in [0.15, 0.2) is 54.6 Å². The van der Waals surface area contributed by atoms with Crippen LogP contribution in [-0.4, -0.2) is 26.9 Å². The Kier molecular flexibility index (Phi) is 4.95. The largest absolute Gasteiger partial charge is 0.508 e. The normalized spacial score (nSPS) is 11.5. The van der Waals surface area contributed by atoms with Crippen LogP contribution in [0.25, 0.3) is 0 Å². The zero-order valence-electron chi connectivity index (χ0n) is 11.9. The lowest BCUT2D eigenvalue weighted by atomic mass is 10.3. The van der Waals surface area contributed by atoms with E-state index in [1.165, 1.54) is 0 Å². The second-order valence-corrected chi connectivity index (χ2v) is 7.36. The van der Waals surface area contributed by atoms with Crippen molar-refractivity contribution >= 4 is 18.9 Å². The molecule has 0 fully saturated rings. The van der Waals surface area contributed by atoms with Crippen molar-refractivity contribution in [3.05, 3.63) is 54.6 Å². The van der Waals surface area contributed by atoms with Crippen LogP contribution in [0.4, 0.5) is 0 Å². The Morgan fingerprint density at radius 3 is 1.80 bits per heavy atom. The van der Waals surface area contributed by atoms with Gasteiger partial charge in [0.25, 0.3) is 0 Å². The molecule has 0 bridgehead atoms. The van der Waals surface area contributed by atoms with E-state index in [4.69, 9.17) is 8.85 Å². The minimum absolute atomic E-state index is 0.248. The minimum atomic E-state index is -2.68. The van der Waals surface area contributed by atoms with E-state index in [2.05, 4.69) is 0 Å². The monoisotopic (exact) mass is 288 g/mol. The van der Waals surface area contributed by atoms with Crippen LogP contribution in [0.1, 0.15) is 13.8 Å². The fraction of sp³-hybridized carbons (Fsp3) is 0.250. The predicted octanol–water partition coefficient (Wildman–Crippen LogP) is 2.02. The topological polar surface area (TPSA) is 38.7 Å². The van der Waals surface area contributed by atoms with Gasteiger partial charge < -0.3 is 14.0 Å². The summed E-state index contributed by atoms with van der Waals surface area (Å²) in [6.45, 7) is 5.12. The molecule has 2 aromatic rings. The lowest BCUT2D eigenvalue weighted by Crippen LogP contribution is -2.63. The van der Waals surface area contributed by atoms with Crippen molar-refractivity contribution in [2.45, 2.75) is 13.8 Å². The van der Waals surface area contributed by atoms with E-state index in [9.17, 15) is 5.11 Å². The Labute approximate surface area is 121 Å². The number of phenolic OH excluding ortho intramolecular Hbond substituents is 1. The molecule has 0 aliphatic carbocycles. The highest BCUT2D eigenvalue weighted by molar-refractivity contribution is 6.92. The summed E-state index contributed by atoms with van der Waals surface area (Å²) in [5.74, 6) is 0.248. The van der Waals surface area contributed by atoms with E-state index in [0.29, 0.717) is 13.2 Å². The highest BCUT2D eigenvalue weighted by Crippen LogP contribution is 2.12. The molecule has 0 atom stereocenters. The Balaban J connectivity index is 2.54. The Morgan fingerprint density at radius 1 is 0.800 bits per heavy atom. The molecule has 0 radical (unpaired) electrons. The first-order chi connectivity index (χ1) is 9.73. The van der Waals surface area contributed by atoms with Crippen LogP contribution in [0, 0.1) is 0 Å². The number of benzene rings is 2. The van der Waals surface area contributed by atoms with Gasteiger partial charge in [0.1, 0.15) is 5.75 Å². The van der Waals surface area contributed by atoms with Crippen molar-refractivity contribution in [3.8, 4) is 5.75 Å². The number of hydrogen-bond donors (Lipinski definition) is 1. The van der Waals surface area contributed by atoms with Crippen molar-refractivity contribution in [2.75, 3.05) is 13.2 Å². The molecule has 20 heavy (non-hydrogen) atoms. The zero-order chi connectivity index (χ0) is 14.4. The quantitative estimate of drug-likeness (QED) is 0.827. The molecule has 2 rings (SSSR count). The summed E-state index contributed by atoms with van der Waals surface area (Å²) in [5.41, 5.74) is 0. The molecule has 0 unspecified atom stereocenters. The maximum Gasteiger partial charge on any atom is 0.407 e. The molecule has 0 aliphatic rings. The smallest absolute Gasteiger partial charge is 0.407 e. The zero-order valence-corrected chi connectivity index (χ0v) is 12.9. The van der Waals surface area contributed by atoms with Gasteiger partial charge in [-0.25, -0.2) is 0 Å². The van der Waals surface area contributed by atoms with Crippen LogP contribution in [0.2, 0.25) is 0 Å². The molecule has 0 saturated carbocycles. The predicted molar refractivity (Wildman–Crippen MR) is 82.8 cm³/mol.